The lowest BCUT2D eigenvalue weighted by atomic mass is 9.62. The van der Waals surface area contributed by atoms with Crippen LogP contribution in [0.15, 0.2) is 22.8 Å². The Hall–Kier alpha value is -1.43. The van der Waals surface area contributed by atoms with Crippen molar-refractivity contribution in [2.75, 3.05) is 0 Å². The number of hydrogen-bond acceptors (Lipinski definition) is 3. The van der Waals surface area contributed by atoms with Gasteiger partial charge in [0.1, 0.15) is 0 Å². The van der Waals surface area contributed by atoms with E-state index in [2.05, 4.69) is 31.5 Å². The number of pyridine rings is 1. The SMILES string of the molecule is O=C1CC2(CC(C(=O)NC3(c4ccc(Br)cn4)CC3)C2)N1. The predicted molar refractivity (Wildman–Crippen MR) is 79.2 cm³/mol. The summed E-state index contributed by atoms with van der Waals surface area (Å²) in [5.41, 5.74) is 0.611. The molecule has 1 saturated heterocycles. The molecule has 1 aromatic rings. The molecule has 0 radical (unpaired) electrons. The third kappa shape index (κ3) is 2.16. The van der Waals surface area contributed by atoms with Crippen molar-refractivity contribution in [3.63, 3.8) is 0 Å². The number of β-lactam (4-membered cyclic amide) rings is 1. The van der Waals surface area contributed by atoms with Gasteiger partial charge in [-0.2, -0.15) is 0 Å². The highest BCUT2D eigenvalue weighted by Gasteiger charge is 2.56. The summed E-state index contributed by atoms with van der Waals surface area (Å²) in [5.74, 6) is 0.231. The number of carbonyl (C=O) groups is 2. The van der Waals surface area contributed by atoms with Crippen molar-refractivity contribution < 1.29 is 9.59 Å². The van der Waals surface area contributed by atoms with Gasteiger partial charge in [0.05, 0.1) is 16.8 Å². The van der Waals surface area contributed by atoms with Gasteiger partial charge in [-0.05, 0) is 53.7 Å². The van der Waals surface area contributed by atoms with Gasteiger partial charge in [0.15, 0.2) is 0 Å². The minimum absolute atomic E-state index is 0.0264. The van der Waals surface area contributed by atoms with Crippen LogP contribution in [0, 0.1) is 5.92 Å². The molecule has 5 nitrogen and oxygen atoms in total. The van der Waals surface area contributed by atoms with Crippen molar-refractivity contribution in [1.82, 2.24) is 15.6 Å². The number of halogens is 1. The van der Waals surface area contributed by atoms with E-state index >= 15 is 0 Å². The zero-order valence-corrected chi connectivity index (χ0v) is 13.1. The number of amides is 2. The number of nitrogens with one attached hydrogen (secondary N) is 2. The van der Waals surface area contributed by atoms with Crippen molar-refractivity contribution in [3.05, 3.63) is 28.5 Å². The molecule has 3 fully saturated rings. The lowest BCUT2D eigenvalue weighted by molar-refractivity contribution is -0.146. The van der Waals surface area contributed by atoms with E-state index < -0.39 is 0 Å². The minimum Gasteiger partial charge on any atom is -0.350 e. The van der Waals surface area contributed by atoms with Crippen LogP contribution in [0.5, 0.6) is 0 Å². The van der Waals surface area contributed by atoms with Crippen LogP contribution in [0.1, 0.15) is 37.8 Å². The minimum atomic E-state index is -0.261. The Kier molecular flexibility index (Phi) is 2.70. The standard InChI is InChI=1S/C15H16BrN3O2/c16-10-1-2-11(17-8-10)15(3-4-15)19-13(21)9-5-14(6-9)7-12(20)18-14/h1-2,8-9H,3-7H2,(H,18,20)(H,19,21). The fraction of sp³-hybridized carbons (Fsp3) is 0.533. The lowest BCUT2D eigenvalue weighted by Gasteiger charge is -2.53. The van der Waals surface area contributed by atoms with Crippen LogP contribution < -0.4 is 10.6 Å². The van der Waals surface area contributed by atoms with Crippen LogP contribution >= 0.6 is 15.9 Å². The summed E-state index contributed by atoms with van der Waals surface area (Å²) >= 11 is 3.37. The van der Waals surface area contributed by atoms with Crippen LogP contribution in [-0.4, -0.2) is 22.3 Å². The number of carbonyl (C=O) groups excluding carboxylic acids is 2. The van der Waals surface area contributed by atoms with Crippen LogP contribution in [0.2, 0.25) is 0 Å². The van der Waals surface area contributed by atoms with Gasteiger partial charge in [-0.3, -0.25) is 14.6 Å². The van der Waals surface area contributed by atoms with Crippen molar-refractivity contribution in [2.45, 2.75) is 43.2 Å². The first kappa shape index (κ1) is 13.2. The molecule has 1 spiro atoms. The summed E-state index contributed by atoms with van der Waals surface area (Å²) in [4.78, 5) is 27.8. The predicted octanol–water partition coefficient (Wildman–Crippen LogP) is 1.62. The van der Waals surface area contributed by atoms with Gasteiger partial charge in [0.2, 0.25) is 11.8 Å². The number of rotatable bonds is 3. The first-order valence-electron chi connectivity index (χ1n) is 7.25. The molecule has 2 aliphatic carbocycles. The molecule has 1 aliphatic heterocycles. The first-order chi connectivity index (χ1) is 10.0. The van der Waals surface area contributed by atoms with Crippen LogP contribution in [0.4, 0.5) is 0 Å². The van der Waals surface area contributed by atoms with Crippen molar-refractivity contribution in [1.29, 1.82) is 0 Å². The maximum absolute atomic E-state index is 12.4. The topological polar surface area (TPSA) is 71.1 Å². The van der Waals surface area contributed by atoms with Gasteiger partial charge in [-0.1, -0.05) is 0 Å². The number of aromatic nitrogens is 1. The molecule has 2 N–H and O–H groups in total. The van der Waals surface area contributed by atoms with Crippen molar-refractivity contribution in [3.8, 4) is 0 Å². The van der Waals surface area contributed by atoms with E-state index in [-0.39, 0.29) is 28.8 Å². The zero-order valence-electron chi connectivity index (χ0n) is 11.5. The second-order valence-corrected chi connectivity index (χ2v) is 7.46. The van der Waals surface area contributed by atoms with Gasteiger partial charge in [-0.15, -0.1) is 0 Å². The van der Waals surface area contributed by atoms with E-state index in [0.717, 1.165) is 35.8 Å². The molecule has 2 amide bonds. The van der Waals surface area contributed by atoms with E-state index in [1.54, 1.807) is 6.20 Å². The van der Waals surface area contributed by atoms with Crippen LogP contribution in [0.3, 0.4) is 0 Å². The molecule has 0 unspecified atom stereocenters. The first-order valence-corrected chi connectivity index (χ1v) is 8.05. The fourth-order valence-corrected chi connectivity index (χ4v) is 3.70. The molecule has 2 heterocycles. The Labute approximate surface area is 131 Å². The summed E-state index contributed by atoms with van der Waals surface area (Å²) in [6, 6.07) is 3.92. The summed E-state index contributed by atoms with van der Waals surface area (Å²) < 4.78 is 0.940. The molecular weight excluding hydrogens is 334 g/mol. The van der Waals surface area contributed by atoms with Gasteiger partial charge in [0, 0.05) is 23.0 Å². The highest BCUT2D eigenvalue weighted by molar-refractivity contribution is 9.10. The molecule has 1 aromatic heterocycles. The van der Waals surface area contributed by atoms with E-state index in [1.807, 2.05) is 12.1 Å². The quantitative estimate of drug-likeness (QED) is 0.814. The van der Waals surface area contributed by atoms with E-state index in [9.17, 15) is 9.59 Å². The second kappa shape index (κ2) is 4.29. The molecular formula is C15H16BrN3O2. The van der Waals surface area contributed by atoms with E-state index in [1.165, 1.54) is 0 Å². The third-order valence-corrected chi connectivity index (χ3v) is 5.35. The highest BCUT2D eigenvalue weighted by atomic mass is 79.9. The Morgan fingerprint density at radius 3 is 2.62 bits per heavy atom. The molecule has 0 atom stereocenters. The molecule has 0 aromatic carbocycles. The second-order valence-electron chi connectivity index (χ2n) is 6.54. The molecule has 6 heteroatoms. The van der Waals surface area contributed by atoms with Crippen LogP contribution in [0.25, 0.3) is 0 Å². The van der Waals surface area contributed by atoms with E-state index in [0.29, 0.717) is 6.42 Å². The molecule has 2 saturated carbocycles. The Bertz CT molecular complexity index is 608. The molecule has 0 bridgehead atoms. The highest BCUT2D eigenvalue weighted by Crippen LogP contribution is 2.48. The van der Waals surface area contributed by atoms with Gasteiger partial charge in [0.25, 0.3) is 0 Å². The fourth-order valence-electron chi connectivity index (χ4n) is 3.47. The van der Waals surface area contributed by atoms with Gasteiger partial charge < -0.3 is 10.6 Å². The monoisotopic (exact) mass is 349 g/mol. The third-order valence-electron chi connectivity index (χ3n) is 4.88. The largest absolute Gasteiger partial charge is 0.350 e. The van der Waals surface area contributed by atoms with Gasteiger partial charge in [-0.25, -0.2) is 0 Å². The maximum Gasteiger partial charge on any atom is 0.224 e. The van der Waals surface area contributed by atoms with E-state index in [4.69, 9.17) is 0 Å². The Balaban J connectivity index is 1.39. The average Bonchev–Trinajstić information content (AvgIpc) is 3.13. The number of nitrogens with zero attached hydrogens (tertiary/aromatic N) is 1. The Morgan fingerprint density at radius 1 is 1.38 bits per heavy atom. The summed E-state index contributed by atoms with van der Waals surface area (Å²) in [7, 11) is 0. The average molecular weight is 350 g/mol. The van der Waals surface area contributed by atoms with Crippen molar-refractivity contribution >= 4 is 27.7 Å². The molecule has 110 valence electrons. The lowest BCUT2D eigenvalue weighted by Crippen LogP contribution is -2.69. The summed E-state index contributed by atoms with van der Waals surface area (Å²) in [6.45, 7) is 0. The summed E-state index contributed by atoms with van der Waals surface area (Å²) in [6.07, 6.45) is 5.78. The normalized spacial score (nSPS) is 31.9. The summed E-state index contributed by atoms with van der Waals surface area (Å²) in [5, 5.41) is 6.09. The Morgan fingerprint density at radius 2 is 2.10 bits per heavy atom. The molecule has 3 aliphatic rings. The molecule has 4 rings (SSSR count). The number of hydrogen-bond donors (Lipinski definition) is 2. The maximum atomic E-state index is 12.4. The van der Waals surface area contributed by atoms with Crippen LogP contribution in [-0.2, 0) is 15.1 Å². The van der Waals surface area contributed by atoms with Gasteiger partial charge >= 0.3 is 0 Å². The van der Waals surface area contributed by atoms with Crippen molar-refractivity contribution in [2.24, 2.45) is 5.92 Å². The smallest absolute Gasteiger partial charge is 0.224 e. The molecule has 21 heavy (non-hydrogen) atoms. The zero-order chi connectivity index (χ0) is 14.7.